The number of hydrogen-bond donors (Lipinski definition) is 2. The molecule has 2 aromatic carbocycles. The Morgan fingerprint density at radius 2 is 1.71 bits per heavy atom. The molecule has 1 heterocycles. The predicted octanol–water partition coefficient (Wildman–Crippen LogP) is 3.99. The lowest BCUT2D eigenvalue weighted by Crippen LogP contribution is -2.16. The molecular weight excluding hydrogens is 356 g/mol. The second kappa shape index (κ2) is 8.30. The molecule has 7 nitrogen and oxygen atoms in total. The summed E-state index contributed by atoms with van der Waals surface area (Å²) < 4.78 is 5.25. The lowest BCUT2D eigenvalue weighted by Gasteiger charge is -2.11. The fraction of sp³-hybridized carbons (Fsp3) is 0.143. The van der Waals surface area contributed by atoms with Crippen molar-refractivity contribution in [3.05, 3.63) is 71.5 Å². The van der Waals surface area contributed by atoms with Gasteiger partial charge in [-0.15, -0.1) is 0 Å². The SMILES string of the molecule is COc1ccccc1NC(=O)c1cc(C)nc(Nc2ccc(C(C)=O)cc2)n1. The quantitative estimate of drug-likeness (QED) is 0.632. The standard InChI is InChI=1S/C21H20N4O3/c1-13-12-18(20(27)24-17-6-4-5-7-19(17)28-3)25-21(22-13)23-16-10-8-15(9-11-16)14(2)26/h4-12H,1-3H3,(H,24,27)(H,22,23,25). The van der Waals surface area contributed by atoms with Crippen LogP contribution in [0, 0.1) is 6.92 Å². The molecule has 0 saturated heterocycles. The number of nitrogens with zero attached hydrogens (tertiary/aromatic N) is 2. The Morgan fingerprint density at radius 1 is 1.00 bits per heavy atom. The molecule has 1 amide bonds. The number of para-hydroxylation sites is 2. The third-order valence-corrected chi connectivity index (χ3v) is 3.99. The summed E-state index contributed by atoms with van der Waals surface area (Å²) in [6.45, 7) is 3.30. The van der Waals surface area contributed by atoms with E-state index in [0.717, 1.165) is 0 Å². The largest absolute Gasteiger partial charge is 0.495 e. The number of ketones is 1. The number of amides is 1. The summed E-state index contributed by atoms with van der Waals surface area (Å²) in [5.41, 5.74) is 2.75. The monoisotopic (exact) mass is 376 g/mol. The molecule has 7 heteroatoms. The highest BCUT2D eigenvalue weighted by molar-refractivity contribution is 6.04. The fourth-order valence-corrected chi connectivity index (χ4v) is 2.59. The number of methoxy groups -OCH3 is 1. The van der Waals surface area contributed by atoms with Crippen molar-refractivity contribution < 1.29 is 14.3 Å². The van der Waals surface area contributed by atoms with Gasteiger partial charge in [0.15, 0.2) is 5.78 Å². The van der Waals surface area contributed by atoms with Gasteiger partial charge in [-0.1, -0.05) is 12.1 Å². The van der Waals surface area contributed by atoms with Crippen LogP contribution in [0.2, 0.25) is 0 Å². The molecule has 0 saturated carbocycles. The number of aromatic nitrogens is 2. The van der Waals surface area contributed by atoms with Crippen LogP contribution in [0.25, 0.3) is 0 Å². The molecule has 0 bridgehead atoms. The molecule has 2 N–H and O–H groups in total. The van der Waals surface area contributed by atoms with E-state index in [9.17, 15) is 9.59 Å². The van der Waals surface area contributed by atoms with Crippen molar-refractivity contribution in [2.45, 2.75) is 13.8 Å². The number of carbonyl (C=O) groups excluding carboxylic acids is 2. The average molecular weight is 376 g/mol. The number of hydrogen-bond acceptors (Lipinski definition) is 6. The van der Waals surface area contributed by atoms with Crippen LogP contribution in [-0.4, -0.2) is 28.8 Å². The van der Waals surface area contributed by atoms with Crippen molar-refractivity contribution in [1.82, 2.24) is 9.97 Å². The summed E-state index contributed by atoms with van der Waals surface area (Å²) in [7, 11) is 1.54. The Morgan fingerprint density at radius 3 is 2.39 bits per heavy atom. The summed E-state index contributed by atoms with van der Waals surface area (Å²) >= 11 is 0. The molecule has 3 rings (SSSR count). The van der Waals surface area contributed by atoms with Crippen molar-refractivity contribution in [1.29, 1.82) is 0 Å². The van der Waals surface area contributed by atoms with E-state index in [1.807, 2.05) is 6.07 Å². The Bertz CT molecular complexity index is 1020. The van der Waals surface area contributed by atoms with Crippen LogP contribution in [0.4, 0.5) is 17.3 Å². The molecule has 3 aromatic rings. The Labute approximate surface area is 162 Å². The van der Waals surface area contributed by atoms with Gasteiger partial charge < -0.3 is 15.4 Å². The first-order valence-corrected chi connectivity index (χ1v) is 8.64. The molecule has 1 aromatic heterocycles. The highest BCUT2D eigenvalue weighted by atomic mass is 16.5. The van der Waals surface area contributed by atoms with Gasteiger partial charge in [-0.25, -0.2) is 9.97 Å². The van der Waals surface area contributed by atoms with Crippen LogP contribution in [0.5, 0.6) is 5.75 Å². The van der Waals surface area contributed by atoms with Gasteiger partial charge in [0.2, 0.25) is 5.95 Å². The van der Waals surface area contributed by atoms with Gasteiger partial charge in [0.05, 0.1) is 12.8 Å². The van der Waals surface area contributed by atoms with Gasteiger partial charge in [-0.05, 0) is 56.3 Å². The van der Waals surface area contributed by atoms with Crippen molar-refractivity contribution in [3.8, 4) is 5.75 Å². The topological polar surface area (TPSA) is 93.2 Å². The minimum Gasteiger partial charge on any atom is -0.495 e. The van der Waals surface area contributed by atoms with E-state index in [2.05, 4.69) is 20.6 Å². The van der Waals surface area contributed by atoms with E-state index >= 15 is 0 Å². The number of rotatable bonds is 6. The molecule has 142 valence electrons. The summed E-state index contributed by atoms with van der Waals surface area (Å²) in [5, 5.41) is 5.85. The van der Waals surface area contributed by atoms with Crippen LogP contribution < -0.4 is 15.4 Å². The highest BCUT2D eigenvalue weighted by Gasteiger charge is 2.13. The summed E-state index contributed by atoms with van der Waals surface area (Å²) in [5.74, 6) is 0.477. The van der Waals surface area contributed by atoms with Crippen molar-refractivity contribution in [2.24, 2.45) is 0 Å². The Hall–Kier alpha value is -3.74. The molecule has 0 aliphatic rings. The molecule has 0 unspecified atom stereocenters. The van der Waals surface area contributed by atoms with E-state index in [4.69, 9.17) is 4.74 Å². The lowest BCUT2D eigenvalue weighted by atomic mass is 10.1. The number of benzene rings is 2. The van der Waals surface area contributed by atoms with Crippen LogP contribution >= 0.6 is 0 Å². The summed E-state index contributed by atoms with van der Waals surface area (Å²) in [6.07, 6.45) is 0. The Balaban J connectivity index is 1.80. The van der Waals surface area contributed by atoms with Gasteiger partial charge >= 0.3 is 0 Å². The number of carbonyl (C=O) groups is 2. The Kier molecular flexibility index (Phi) is 5.64. The van der Waals surface area contributed by atoms with Crippen molar-refractivity contribution in [2.75, 3.05) is 17.7 Å². The second-order valence-corrected chi connectivity index (χ2v) is 6.13. The van der Waals surface area contributed by atoms with Gasteiger partial charge in [-0.2, -0.15) is 0 Å². The molecule has 0 radical (unpaired) electrons. The smallest absolute Gasteiger partial charge is 0.274 e. The van der Waals surface area contributed by atoms with Gasteiger partial charge in [0.25, 0.3) is 5.91 Å². The minimum absolute atomic E-state index is 0.00588. The summed E-state index contributed by atoms with van der Waals surface area (Å²) in [4.78, 5) is 32.6. The van der Waals surface area contributed by atoms with E-state index in [0.29, 0.717) is 34.3 Å². The molecule has 0 aliphatic heterocycles. The van der Waals surface area contributed by atoms with Crippen molar-refractivity contribution in [3.63, 3.8) is 0 Å². The number of anilines is 3. The van der Waals surface area contributed by atoms with Gasteiger partial charge in [-0.3, -0.25) is 9.59 Å². The molecule has 0 atom stereocenters. The normalized spacial score (nSPS) is 10.2. The number of nitrogens with one attached hydrogen (secondary N) is 2. The molecule has 0 aliphatic carbocycles. The maximum absolute atomic E-state index is 12.6. The molecule has 0 fully saturated rings. The van der Waals surface area contributed by atoms with Gasteiger partial charge in [0, 0.05) is 16.9 Å². The average Bonchev–Trinajstić information content (AvgIpc) is 2.68. The third-order valence-electron chi connectivity index (χ3n) is 3.99. The first-order valence-electron chi connectivity index (χ1n) is 8.64. The number of aryl methyl sites for hydroxylation is 1. The van der Waals surface area contributed by atoms with Gasteiger partial charge in [0.1, 0.15) is 11.4 Å². The molecule has 0 spiro atoms. The zero-order valence-corrected chi connectivity index (χ0v) is 15.8. The number of Topliss-reactive ketones (excluding diaryl/α,β-unsaturated/α-hetero) is 1. The van der Waals surface area contributed by atoms with E-state index in [1.54, 1.807) is 62.6 Å². The van der Waals surface area contributed by atoms with Crippen molar-refractivity contribution >= 4 is 29.0 Å². The second-order valence-electron chi connectivity index (χ2n) is 6.13. The minimum atomic E-state index is -0.370. The van der Waals surface area contributed by atoms with E-state index < -0.39 is 0 Å². The lowest BCUT2D eigenvalue weighted by molar-refractivity contribution is 0.101. The zero-order chi connectivity index (χ0) is 20.1. The van der Waals surface area contributed by atoms with Crippen LogP contribution in [0.3, 0.4) is 0 Å². The first-order chi connectivity index (χ1) is 13.5. The van der Waals surface area contributed by atoms with Crippen LogP contribution in [-0.2, 0) is 0 Å². The van der Waals surface area contributed by atoms with E-state index in [-0.39, 0.29) is 17.4 Å². The van der Waals surface area contributed by atoms with Crippen LogP contribution in [0.15, 0.2) is 54.6 Å². The highest BCUT2D eigenvalue weighted by Crippen LogP contribution is 2.24. The third kappa shape index (κ3) is 4.50. The summed E-state index contributed by atoms with van der Waals surface area (Å²) in [6, 6.07) is 15.7. The van der Waals surface area contributed by atoms with Crippen LogP contribution in [0.1, 0.15) is 33.5 Å². The fourth-order valence-electron chi connectivity index (χ4n) is 2.59. The molecular formula is C21H20N4O3. The zero-order valence-electron chi connectivity index (χ0n) is 15.8. The predicted molar refractivity (Wildman–Crippen MR) is 107 cm³/mol. The van der Waals surface area contributed by atoms with E-state index in [1.165, 1.54) is 6.92 Å². The maximum atomic E-state index is 12.6. The first kappa shape index (κ1) is 19.0. The number of ether oxygens (including phenoxy) is 1. The molecule has 28 heavy (non-hydrogen) atoms. The maximum Gasteiger partial charge on any atom is 0.274 e.